The van der Waals surface area contributed by atoms with E-state index in [2.05, 4.69) is 20.3 Å². The first-order valence-corrected chi connectivity index (χ1v) is 7.42. The highest BCUT2D eigenvalue weighted by atomic mass is 79.9. The second-order valence-electron chi connectivity index (χ2n) is 4.66. The lowest BCUT2D eigenvalue weighted by atomic mass is 10.1. The van der Waals surface area contributed by atoms with Crippen molar-refractivity contribution in [2.75, 3.05) is 0 Å². The zero-order valence-corrected chi connectivity index (χ0v) is 13.4. The number of nitrogens with zero attached hydrogens (tertiary/aromatic N) is 1. The average Bonchev–Trinajstić information content (AvgIpc) is 2.15. The van der Waals surface area contributed by atoms with E-state index >= 15 is 0 Å². The van der Waals surface area contributed by atoms with Crippen molar-refractivity contribution in [1.82, 2.24) is 0 Å². The smallest absolute Gasteiger partial charge is 0.145 e. The van der Waals surface area contributed by atoms with E-state index in [0.717, 1.165) is 10.0 Å². The van der Waals surface area contributed by atoms with Crippen LogP contribution in [0.2, 0.25) is 5.02 Å². The Labute approximate surface area is 118 Å². The maximum Gasteiger partial charge on any atom is 0.145 e. The molecule has 1 aromatic carbocycles. The van der Waals surface area contributed by atoms with Gasteiger partial charge in [-0.2, -0.15) is 4.40 Å². The molecule has 0 N–H and O–H groups in total. The highest BCUT2D eigenvalue weighted by Crippen LogP contribution is 2.23. The van der Waals surface area contributed by atoms with E-state index in [4.69, 9.17) is 11.6 Å². The van der Waals surface area contributed by atoms with E-state index in [9.17, 15) is 4.21 Å². The predicted octanol–water partition coefficient (Wildman–Crippen LogP) is 4.37. The molecular formula is C12H15BrClNOS. The summed E-state index contributed by atoms with van der Waals surface area (Å²) in [5.41, 5.74) is 1.50. The van der Waals surface area contributed by atoms with Gasteiger partial charge >= 0.3 is 0 Å². The van der Waals surface area contributed by atoms with Crippen LogP contribution in [-0.4, -0.2) is 14.7 Å². The van der Waals surface area contributed by atoms with Gasteiger partial charge < -0.3 is 0 Å². The first-order valence-electron chi connectivity index (χ1n) is 5.14. The number of hydrogen-bond donors (Lipinski definition) is 0. The summed E-state index contributed by atoms with van der Waals surface area (Å²) < 4.78 is 16.7. The predicted molar refractivity (Wildman–Crippen MR) is 79.3 cm³/mol. The number of hydrogen-bond acceptors (Lipinski definition) is 1. The van der Waals surface area contributed by atoms with Crippen LogP contribution in [0.1, 0.15) is 33.3 Å². The van der Waals surface area contributed by atoms with E-state index in [0.29, 0.717) is 10.7 Å². The fourth-order valence-corrected chi connectivity index (χ4v) is 2.52. The van der Waals surface area contributed by atoms with Crippen LogP contribution in [-0.2, 0) is 11.0 Å². The highest BCUT2D eigenvalue weighted by molar-refractivity contribution is 9.10. The molecule has 0 spiro atoms. The number of rotatable bonds is 2. The quantitative estimate of drug-likeness (QED) is 0.737. The van der Waals surface area contributed by atoms with E-state index in [1.807, 2.05) is 39.8 Å². The Bertz CT molecular complexity index is 480. The Morgan fingerprint density at radius 1 is 1.41 bits per heavy atom. The minimum absolute atomic E-state index is 0.358. The Morgan fingerprint density at radius 3 is 2.47 bits per heavy atom. The lowest BCUT2D eigenvalue weighted by Crippen LogP contribution is -2.20. The van der Waals surface area contributed by atoms with Crippen LogP contribution in [0.3, 0.4) is 0 Å². The van der Waals surface area contributed by atoms with E-state index in [-0.39, 0.29) is 4.75 Å². The molecule has 94 valence electrons. The Balaban J connectivity index is 3.09. The van der Waals surface area contributed by atoms with Crippen LogP contribution in [0.5, 0.6) is 0 Å². The van der Waals surface area contributed by atoms with Crippen molar-refractivity contribution in [3.05, 3.63) is 33.3 Å². The van der Waals surface area contributed by atoms with Gasteiger partial charge in [0.1, 0.15) is 11.0 Å². The van der Waals surface area contributed by atoms with Gasteiger partial charge in [0.15, 0.2) is 0 Å². The molecule has 0 heterocycles. The lowest BCUT2D eigenvalue weighted by molar-refractivity contribution is 0.650. The summed E-state index contributed by atoms with van der Waals surface area (Å²) in [5, 5.41) is 0.603. The molecule has 1 aromatic rings. The molecule has 0 aliphatic rings. The van der Waals surface area contributed by atoms with Gasteiger partial charge in [0.05, 0.1) is 15.5 Å². The van der Waals surface area contributed by atoms with Gasteiger partial charge in [-0.1, -0.05) is 33.6 Å². The van der Waals surface area contributed by atoms with Crippen LogP contribution in [0.25, 0.3) is 0 Å². The summed E-state index contributed by atoms with van der Waals surface area (Å²) >= 11 is 9.46. The lowest BCUT2D eigenvalue weighted by Gasteiger charge is -2.14. The molecule has 0 aliphatic heterocycles. The summed E-state index contributed by atoms with van der Waals surface area (Å²) in [6.45, 7) is 7.49. The molecule has 1 unspecified atom stereocenters. The van der Waals surface area contributed by atoms with Crippen LogP contribution in [0.15, 0.2) is 27.1 Å². The van der Waals surface area contributed by atoms with E-state index < -0.39 is 11.0 Å². The van der Waals surface area contributed by atoms with Gasteiger partial charge in [-0.3, -0.25) is 0 Å². The molecule has 1 rings (SSSR count). The summed E-state index contributed by atoms with van der Waals surface area (Å²) in [5.74, 6) is 0. The highest BCUT2D eigenvalue weighted by Gasteiger charge is 2.19. The van der Waals surface area contributed by atoms with Gasteiger partial charge in [-0.25, -0.2) is 4.21 Å². The molecule has 0 saturated heterocycles. The van der Waals surface area contributed by atoms with E-state index in [1.165, 1.54) is 0 Å². The summed E-state index contributed by atoms with van der Waals surface area (Å²) in [6, 6.07) is 5.56. The summed E-state index contributed by atoms with van der Waals surface area (Å²) in [4.78, 5) is 0. The normalized spacial score (nSPS) is 14.8. The molecule has 0 aliphatic carbocycles. The van der Waals surface area contributed by atoms with Crippen molar-refractivity contribution in [1.29, 1.82) is 0 Å². The Hall–Kier alpha value is -0.190. The van der Waals surface area contributed by atoms with Gasteiger partial charge in [-0.05, 0) is 39.8 Å². The average molecular weight is 337 g/mol. The van der Waals surface area contributed by atoms with Crippen LogP contribution in [0.4, 0.5) is 0 Å². The van der Waals surface area contributed by atoms with Crippen LogP contribution in [0, 0.1) is 0 Å². The number of halogens is 2. The second-order valence-corrected chi connectivity index (χ2v) is 7.89. The zero-order chi connectivity index (χ0) is 13.2. The Morgan fingerprint density at radius 2 is 2.00 bits per heavy atom. The third-order valence-corrected chi connectivity index (χ3v) is 4.36. The van der Waals surface area contributed by atoms with Gasteiger partial charge in [-0.15, -0.1) is 0 Å². The van der Waals surface area contributed by atoms with Crippen molar-refractivity contribution in [3.8, 4) is 0 Å². The zero-order valence-electron chi connectivity index (χ0n) is 10.3. The van der Waals surface area contributed by atoms with Crippen LogP contribution >= 0.6 is 27.5 Å². The molecular weight excluding hydrogens is 322 g/mol. The molecule has 0 amide bonds. The van der Waals surface area contributed by atoms with Crippen LogP contribution < -0.4 is 0 Å². The molecule has 17 heavy (non-hydrogen) atoms. The number of benzene rings is 1. The second kappa shape index (κ2) is 5.63. The molecule has 0 aromatic heterocycles. The molecule has 0 saturated carbocycles. The van der Waals surface area contributed by atoms with Crippen molar-refractivity contribution in [2.45, 2.75) is 32.4 Å². The molecule has 2 nitrogen and oxygen atoms in total. The monoisotopic (exact) mass is 335 g/mol. The first kappa shape index (κ1) is 14.9. The van der Waals surface area contributed by atoms with Crippen molar-refractivity contribution in [2.24, 2.45) is 4.40 Å². The molecule has 5 heteroatoms. The standard InChI is InChI=1S/C12H15BrClNOS/c1-8(15-17(16)12(2,3)4)10-6-5-9(13)7-11(10)14/h5-7H,1-4H3/b15-8-. The maximum atomic E-state index is 11.9. The topological polar surface area (TPSA) is 29.4 Å². The van der Waals surface area contributed by atoms with Crippen molar-refractivity contribution >= 4 is 44.2 Å². The maximum absolute atomic E-state index is 11.9. The fourth-order valence-electron chi connectivity index (χ4n) is 1.09. The largest absolute Gasteiger partial charge is 0.234 e. The molecule has 0 radical (unpaired) electrons. The van der Waals surface area contributed by atoms with Crippen molar-refractivity contribution < 1.29 is 4.21 Å². The minimum atomic E-state index is -1.26. The third kappa shape index (κ3) is 4.19. The Kier molecular flexibility index (Phi) is 4.93. The fraction of sp³-hybridized carbons (Fsp3) is 0.417. The molecule has 1 atom stereocenters. The molecule has 0 bridgehead atoms. The summed E-state index contributed by atoms with van der Waals surface area (Å²) in [6.07, 6.45) is 0. The minimum Gasteiger partial charge on any atom is -0.234 e. The SMILES string of the molecule is C/C(=N/S(=O)C(C)(C)C)c1ccc(Br)cc1Cl. The van der Waals surface area contributed by atoms with E-state index in [1.54, 1.807) is 6.07 Å². The van der Waals surface area contributed by atoms with Gasteiger partial charge in [0.25, 0.3) is 0 Å². The first-order chi connectivity index (χ1) is 7.71. The van der Waals surface area contributed by atoms with Gasteiger partial charge in [0, 0.05) is 10.0 Å². The van der Waals surface area contributed by atoms with Crippen molar-refractivity contribution in [3.63, 3.8) is 0 Å². The van der Waals surface area contributed by atoms with Gasteiger partial charge in [0.2, 0.25) is 0 Å². The summed E-state index contributed by atoms with van der Waals surface area (Å²) in [7, 11) is -1.26. The molecule has 0 fully saturated rings. The third-order valence-electron chi connectivity index (χ3n) is 2.06.